The number of rotatable bonds is 3. The second-order valence-corrected chi connectivity index (χ2v) is 4.57. The number of carbonyl (C=O) groups excluding carboxylic acids is 1. The Balaban J connectivity index is 1.92. The number of aliphatic hydroxyl groups excluding tert-OH is 3. The van der Waals surface area contributed by atoms with Crippen molar-refractivity contribution in [2.24, 2.45) is 0 Å². The monoisotopic (exact) mass is 283 g/mol. The highest BCUT2D eigenvalue weighted by Gasteiger charge is 2.41. The fourth-order valence-corrected chi connectivity index (χ4v) is 1.88. The second-order valence-electron chi connectivity index (χ2n) is 4.57. The van der Waals surface area contributed by atoms with Gasteiger partial charge in [-0.3, -0.25) is 15.2 Å². The van der Waals surface area contributed by atoms with E-state index in [0.717, 1.165) is 0 Å². The van der Waals surface area contributed by atoms with Gasteiger partial charge in [-0.1, -0.05) is 0 Å². The van der Waals surface area contributed by atoms with Crippen LogP contribution in [0.1, 0.15) is 17.3 Å². The highest BCUT2D eigenvalue weighted by molar-refractivity contribution is 5.93. The maximum atomic E-state index is 11.8. The third-order valence-corrected chi connectivity index (χ3v) is 3.10. The number of aromatic nitrogens is 1. The molecule has 1 saturated heterocycles. The lowest BCUT2D eigenvalue weighted by molar-refractivity contribution is -0.226. The molecule has 0 radical (unpaired) electrons. The minimum atomic E-state index is -1.37. The van der Waals surface area contributed by atoms with E-state index in [-0.39, 0.29) is 0 Å². The van der Waals surface area contributed by atoms with Gasteiger partial charge in [0.1, 0.15) is 18.3 Å². The number of aliphatic hydroxyl groups is 3. The van der Waals surface area contributed by atoms with Gasteiger partial charge < -0.3 is 20.1 Å². The first kappa shape index (κ1) is 14.8. The van der Waals surface area contributed by atoms with E-state index in [2.05, 4.69) is 15.8 Å². The lowest BCUT2D eigenvalue weighted by Gasteiger charge is -2.39. The third-order valence-electron chi connectivity index (χ3n) is 3.10. The molecule has 1 aliphatic rings. The fraction of sp³-hybridized carbons (Fsp3) is 0.500. The van der Waals surface area contributed by atoms with Crippen molar-refractivity contribution < 1.29 is 24.9 Å². The van der Waals surface area contributed by atoms with Crippen LogP contribution in [-0.4, -0.2) is 56.9 Å². The van der Waals surface area contributed by atoms with Crippen molar-refractivity contribution in [3.63, 3.8) is 0 Å². The zero-order chi connectivity index (χ0) is 14.7. The van der Waals surface area contributed by atoms with E-state index in [1.165, 1.54) is 12.4 Å². The molecular formula is C12H17N3O5. The molecule has 0 aromatic carbocycles. The predicted octanol–water partition coefficient (Wildman–Crippen LogP) is -1.86. The van der Waals surface area contributed by atoms with Crippen molar-refractivity contribution in [3.05, 3.63) is 30.1 Å². The number of hydrogen-bond donors (Lipinski definition) is 5. The molecule has 8 heteroatoms. The van der Waals surface area contributed by atoms with Crippen LogP contribution in [0.5, 0.6) is 0 Å². The first-order valence-corrected chi connectivity index (χ1v) is 6.16. The molecule has 1 amide bonds. The Morgan fingerprint density at radius 3 is 2.70 bits per heavy atom. The Morgan fingerprint density at radius 1 is 1.30 bits per heavy atom. The molecule has 1 fully saturated rings. The molecule has 110 valence electrons. The first-order chi connectivity index (χ1) is 9.50. The van der Waals surface area contributed by atoms with Crippen LogP contribution in [-0.2, 0) is 4.74 Å². The van der Waals surface area contributed by atoms with Crippen molar-refractivity contribution in [1.29, 1.82) is 0 Å². The van der Waals surface area contributed by atoms with E-state index in [9.17, 15) is 20.1 Å². The van der Waals surface area contributed by atoms with E-state index in [0.29, 0.717) is 5.56 Å². The molecule has 0 aliphatic carbocycles. The summed E-state index contributed by atoms with van der Waals surface area (Å²) in [6.07, 6.45) is -2.68. The Bertz CT molecular complexity index is 458. The number of carbonyl (C=O) groups is 1. The lowest BCUT2D eigenvalue weighted by Crippen LogP contribution is -2.63. The lowest BCUT2D eigenvalue weighted by atomic mass is 9.99. The topological polar surface area (TPSA) is 124 Å². The molecule has 5 N–H and O–H groups in total. The molecule has 0 spiro atoms. The Labute approximate surface area is 115 Å². The van der Waals surface area contributed by atoms with Crippen molar-refractivity contribution in [1.82, 2.24) is 15.8 Å². The van der Waals surface area contributed by atoms with Gasteiger partial charge in [0.05, 0.1) is 11.7 Å². The van der Waals surface area contributed by atoms with Gasteiger partial charge in [0.15, 0.2) is 6.23 Å². The van der Waals surface area contributed by atoms with Crippen LogP contribution in [0.2, 0.25) is 0 Å². The zero-order valence-corrected chi connectivity index (χ0v) is 10.8. The van der Waals surface area contributed by atoms with E-state index in [1.54, 1.807) is 19.1 Å². The molecule has 8 nitrogen and oxygen atoms in total. The van der Waals surface area contributed by atoms with Crippen molar-refractivity contribution >= 4 is 5.91 Å². The van der Waals surface area contributed by atoms with E-state index < -0.39 is 36.6 Å². The molecule has 5 unspecified atom stereocenters. The number of nitrogens with one attached hydrogen (secondary N) is 2. The summed E-state index contributed by atoms with van der Waals surface area (Å²) in [6.45, 7) is 1.55. The van der Waals surface area contributed by atoms with E-state index >= 15 is 0 Å². The second kappa shape index (κ2) is 6.25. The van der Waals surface area contributed by atoms with Gasteiger partial charge in [0, 0.05) is 12.4 Å². The summed E-state index contributed by atoms with van der Waals surface area (Å²) in [7, 11) is 0. The van der Waals surface area contributed by atoms with Crippen LogP contribution < -0.4 is 10.9 Å². The Hall–Kier alpha value is -1.58. The standard InChI is InChI=1S/C12H17N3O5/c1-6-8(16)9(17)10(18)12(20-6)15-14-11(19)7-3-2-4-13-5-7/h2-6,8-10,12,15-18H,1H3,(H,14,19). The zero-order valence-electron chi connectivity index (χ0n) is 10.8. The van der Waals surface area contributed by atoms with Gasteiger partial charge in [-0.15, -0.1) is 0 Å². The number of pyridine rings is 1. The van der Waals surface area contributed by atoms with Crippen molar-refractivity contribution in [3.8, 4) is 0 Å². The van der Waals surface area contributed by atoms with E-state index in [4.69, 9.17) is 4.74 Å². The van der Waals surface area contributed by atoms with Crippen LogP contribution in [0.3, 0.4) is 0 Å². The van der Waals surface area contributed by atoms with Gasteiger partial charge in [0.25, 0.3) is 5.91 Å². The normalized spacial score (nSPS) is 33.7. The van der Waals surface area contributed by atoms with Gasteiger partial charge in [-0.25, -0.2) is 5.43 Å². The Kier molecular flexibility index (Phi) is 4.63. The van der Waals surface area contributed by atoms with Crippen LogP contribution in [0.15, 0.2) is 24.5 Å². The van der Waals surface area contributed by atoms with E-state index in [1.807, 2.05) is 0 Å². The molecule has 0 bridgehead atoms. The minimum absolute atomic E-state index is 0.332. The van der Waals surface area contributed by atoms with Crippen LogP contribution in [0.4, 0.5) is 0 Å². The number of hydrogen-bond acceptors (Lipinski definition) is 7. The smallest absolute Gasteiger partial charge is 0.267 e. The summed E-state index contributed by atoms with van der Waals surface area (Å²) in [4.78, 5) is 15.6. The molecule has 2 rings (SSSR count). The molecule has 2 heterocycles. The highest BCUT2D eigenvalue weighted by atomic mass is 16.5. The maximum absolute atomic E-state index is 11.8. The number of amides is 1. The molecular weight excluding hydrogens is 266 g/mol. The first-order valence-electron chi connectivity index (χ1n) is 6.16. The molecule has 20 heavy (non-hydrogen) atoms. The summed E-state index contributed by atoms with van der Waals surface area (Å²) in [5.74, 6) is -0.456. The van der Waals surface area contributed by atoms with Crippen molar-refractivity contribution in [2.75, 3.05) is 0 Å². The number of hydrazine groups is 1. The van der Waals surface area contributed by atoms with Crippen LogP contribution >= 0.6 is 0 Å². The van der Waals surface area contributed by atoms with Crippen LogP contribution in [0.25, 0.3) is 0 Å². The maximum Gasteiger partial charge on any atom is 0.267 e. The molecule has 1 aliphatic heterocycles. The highest BCUT2D eigenvalue weighted by Crippen LogP contribution is 2.18. The number of nitrogens with zero attached hydrogens (tertiary/aromatic N) is 1. The van der Waals surface area contributed by atoms with Gasteiger partial charge >= 0.3 is 0 Å². The van der Waals surface area contributed by atoms with Gasteiger partial charge in [0.2, 0.25) is 0 Å². The summed E-state index contributed by atoms with van der Waals surface area (Å²) in [6, 6.07) is 3.19. The number of ether oxygens (including phenoxy) is 1. The average Bonchev–Trinajstić information content (AvgIpc) is 2.48. The molecule has 1 aromatic rings. The Morgan fingerprint density at radius 2 is 2.05 bits per heavy atom. The largest absolute Gasteiger partial charge is 0.388 e. The minimum Gasteiger partial charge on any atom is -0.388 e. The SMILES string of the molecule is CC1OC(NNC(=O)c2cccnc2)C(O)C(O)C1O. The van der Waals surface area contributed by atoms with Crippen LogP contribution in [0, 0.1) is 0 Å². The summed E-state index contributed by atoms with van der Waals surface area (Å²) >= 11 is 0. The average molecular weight is 283 g/mol. The molecule has 0 saturated carbocycles. The molecule has 1 aromatic heterocycles. The van der Waals surface area contributed by atoms with Gasteiger partial charge in [-0.05, 0) is 19.1 Å². The quantitative estimate of drug-likeness (QED) is 0.412. The predicted molar refractivity (Wildman–Crippen MR) is 67.2 cm³/mol. The summed E-state index contributed by atoms with van der Waals surface area (Å²) in [5, 5.41) is 28.9. The fourth-order valence-electron chi connectivity index (χ4n) is 1.88. The molecule has 5 atom stereocenters. The third kappa shape index (κ3) is 3.11. The summed E-state index contributed by atoms with van der Waals surface area (Å²) < 4.78 is 5.27. The summed E-state index contributed by atoms with van der Waals surface area (Å²) in [5.41, 5.74) is 5.16. The van der Waals surface area contributed by atoms with Crippen molar-refractivity contribution in [2.45, 2.75) is 37.6 Å². The van der Waals surface area contributed by atoms with Gasteiger partial charge in [-0.2, -0.15) is 0 Å².